The molecule has 31 nitrogen and oxygen atoms in total. The number of benzene rings is 6. The Labute approximate surface area is 833 Å². The highest BCUT2D eigenvalue weighted by molar-refractivity contribution is 9.10. The summed E-state index contributed by atoms with van der Waals surface area (Å²) in [4.78, 5) is 65.2. The van der Waals surface area contributed by atoms with Crippen LogP contribution < -0.4 is 57.7 Å². The number of pyridine rings is 3. The Kier molecular flexibility index (Phi) is 37.0. The first-order chi connectivity index (χ1) is 65.1. The van der Waals surface area contributed by atoms with Crippen LogP contribution in [0.15, 0.2) is 183 Å². The number of nitrogens with two attached hydrogens (primary N) is 2. The van der Waals surface area contributed by atoms with Gasteiger partial charge in [0.05, 0.1) is 96.8 Å². The zero-order chi connectivity index (χ0) is 100. The van der Waals surface area contributed by atoms with Crippen LogP contribution in [0.1, 0.15) is 174 Å². The number of hydrogen-bond acceptors (Lipinski definition) is 29. The van der Waals surface area contributed by atoms with Gasteiger partial charge in [0.15, 0.2) is 19.7 Å². The molecule has 12 aromatic rings. The van der Waals surface area contributed by atoms with E-state index < -0.39 is 53.2 Å². The molecule has 6 aromatic heterocycles. The number of anilines is 4. The number of aryl methyl sites for hydroxylation is 3. The topological polar surface area (TPSA) is 446 Å². The molecule has 6 aromatic carbocycles. The molecule has 2 amide bonds. The van der Waals surface area contributed by atoms with Crippen molar-refractivity contribution in [2.45, 2.75) is 252 Å². The van der Waals surface area contributed by atoms with Gasteiger partial charge in [-0.15, -0.1) is 0 Å². The van der Waals surface area contributed by atoms with Gasteiger partial charge in [0.1, 0.15) is 17.0 Å². The van der Waals surface area contributed by atoms with Gasteiger partial charge >= 0.3 is 19.7 Å². The lowest BCUT2D eigenvalue weighted by Gasteiger charge is -2.37. The molecule has 15 rings (SSSR count). The van der Waals surface area contributed by atoms with E-state index in [1.165, 1.54) is 53.1 Å². The number of methoxy groups -OCH3 is 3. The number of hydrogen-bond donors (Lipinski definition) is 8. The predicted molar refractivity (Wildman–Crippen MR) is 547 cm³/mol. The molecule has 1 atom stereocenters. The SMILES string of the molecule is COc1nc(CS(=O)(=O)c2ccccc2Cl)ccc1-c1cc(C)c2nc(NC3CCC(N)CC3)ncc2c1.COc1nc(CS(=O)(=O)c2ccccc2Cl)ccc1-c1cc(C)c2nc(NC3CCC(NC(=O)OC(C)(C)C)CC3)ncc2c1.COc1nc(N)ccc1[B]OC(C)(C)C(C)(C)O.Cc1cc(Br)cc2cnc(NC3CCC(NC(=O)OC(C)(C)C)CC3)nc12.O=S([O-])c1ccccc1Cl. The minimum Gasteiger partial charge on any atom is -0.768 e. The number of aromatic nitrogens is 9. The van der Waals surface area contributed by atoms with Crippen LogP contribution in [-0.2, 0) is 56.4 Å². The van der Waals surface area contributed by atoms with Gasteiger partial charge in [-0.05, 0) is 309 Å². The average molecular weight is 2070 g/mol. The largest absolute Gasteiger partial charge is 0.768 e. The molecule has 3 fully saturated rings. The molecular weight excluding hydrogens is 1950 g/mol. The number of nitrogens with one attached hydrogen (secondary N) is 5. The van der Waals surface area contributed by atoms with Crippen molar-refractivity contribution in [3.63, 3.8) is 0 Å². The average Bonchev–Trinajstić information content (AvgIpc) is 0.759. The van der Waals surface area contributed by atoms with Gasteiger partial charge in [0.25, 0.3) is 0 Å². The second-order valence-corrected chi connectivity index (χ2v) is 44.0. The molecule has 3 aliphatic carbocycles. The Morgan fingerprint density at radius 3 is 1.23 bits per heavy atom. The Balaban J connectivity index is 0.000000177. The number of nitrogen functional groups attached to an aromatic ring is 1. The molecule has 1 radical (unpaired) electrons. The summed E-state index contributed by atoms with van der Waals surface area (Å²) in [7, 11) is -1.32. The summed E-state index contributed by atoms with van der Waals surface area (Å²) < 4.78 is 106. The van der Waals surface area contributed by atoms with Crippen LogP contribution >= 0.6 is 50.7 Å². The standard InChI is InChI=1S/C33H38ClN5O5S.C28H30ClN5O3S.C20H27BrN4O2.C12H20BN2O3.C6H5ClO2S/c1-20-16-21(26-15-14-25(36-30(26)43-5)19-45(41,42)28-9-7-6-8-27(28)34)17-22-18-35-31(39-29(20)22)37-23-10-12-24(13-11-23)38-32(40)44-33(2,3)4;1-17-13-18(14-19-15-31-28(34-26(17)19)33-21-9-7-20(30)8-10-21)23-12-11-22(32-27(23)37-2)16-38(35,36)25-6-4-3-5-24(25)29;1-12-9-14(21)10-13-11-22-18(25-17(12)13)23-15-5-7-16(8-6-15)24-19(26)27-20(2,3)4;1-11(2,16)12(3,4)18-13-8-6-7-9(14)15-10(8)17-5;7-5-3-1-2-4-6(5)10(8)9/h6-9,14-18,23-24H,10-13,19H2,1-5H3,(H,38,40)(H,35,37,39);3-6,11-15,20-21H,7-10,16,30H2,1-2H3,(H,31,33,34);9-11,15-16H,5-8H2,1-4H3,(H,24,26)(H,22,23,25);6-7,16H,1-5H3,(H2,14,15);1-4H,(H,8,9)/p-1. The third-order valence-electron chi connectivity index (χ3n) is 23.2. The van der Waals surface area contributed by atoms with Gasteiger partial charge in [-0.1, -0.05) is 93.2 Å². The van der Waals surface area contributed by atoms with Crippen LogP contribution in [0.3, 0.4) is 0 Å². The zero-order valence-electron chi connectivity index (χ0n) is 80.1. The Morgan fingerprint density at radius 1 is 0.493 bits per heavy atom. The first kappa shape index (κ1) is 108. The molecule has 0 bridgehead atoms. The van der Waals surface area contributed by atoms with Crippen molar-refractivity contribution in [3.8, 4) is 39.9 Å². The van der Waals surface area contributed by atoms with Crippen LogP contribution in [0.25, 0.3) is 55.0 Å². The Hall–Kier alpha value is -10.8. The first-order valence-corrected chi connectivity index (χ1v) is 51.4. The minimum absolute atomic E-state index is 0.0680. The molecule has 1 unspecified atom stereocenters. The molecular formula is C99H119BBrCl3N16O15S3-. The van der Waals surface area contributed by atoms with Crippen LogP contribution in [0.2, 0.25) is 15.1 Å². The molecule has 3 aliphatic rings. The third kappa shape index (κ3) is 30.6. The van der Waals surface area contributed by atoms with E-state index in [1.54, 1.807) is 107 Å². The van der Waals surface area contributed by atoms with Crippen LogP contribution in [0.4, 0.5) is 33.3 Å². The quantitative estimate of drug-likeness (QED) is 0.0206. The molecule has 3 saturated carbocycles. The minimum atomic E-state index is -3.70. The van der Waals surface area contributed by atoms with Crippen LogP contribution in [0, 0.1) is 20.8 Å². The highest BCUT2D eigenvalue weighted by atomic mass is 79.9. The van der Waals surface area contributed by atoms with Crippen molar-refractivity contribution in [2.75, 3.05) is 43.0 Å². The van der Waals surface area contributed by atoms with Gasteiger partial charge in [-0.3, -0.25) is 4.21 Å². The molecule has 10 N–H and O–H groups in total. The van der Waals surface area contributed by atoms with E-state index >= 15 is 0 Å². The first-order valence-electron chi connectivity index (χ1n) is 45.1. The second-order valence-electron chi connectivity index (χ2n) is 37.0. The highest BCUT2D eigenvalue weighted by Gasteiger charge is 2.37. The number of aliphatic hydroxyl groups is 1. The highest BCUT2D eigenvalue weighted by Crippen LogP contribution is 2.38. The number of amides is 2. The van der Waals surface area contributed by atoms with Crippen LogP contribution in [-0.4, -0.2) is 175 Å². The van der Waals surface area contributed by atoms with E-state index in [2.05, 4.69) is 90.4 Å². The summed E-state index contributed by atoms with van der Waals surface area (Å²) in [5.74, 6) is 2.67. The fourth-order valence-electron chi connectivity index (χ4n) is 15.4. The number of alkyl carbamates (subject to hydrolysis) is 2. The lowest BCUT2D eigenvalue weighted by molar-refractivity contribution is -0.0893. The molecule has 0 spiro atoms. The number of carbonyl (C=O) groups excluding carboxylic acids is 2. The molecule has 6 heterocycles. The third-order valence-corrected chi connectivity index (χ3v) is 29.1. The maximum absolute atomic E-state index is 13.0. The van der Waals surface area contributed by atoms with Crippen LogP contribution in [0.5, 0.6) is 17.6 Å². The predicted octanol–water partition coefficient (Wildman–Crippen LogP) is 19.2. The fourth-order valence-corrected chi connectivity index (χ4v) is 20.5. The van der Waals surface area contributed by atoms with E-state index in [4.69, 9.17) is 84.6 Å². The number of rotatable bonds is 24. The van der Waals surface area contributed by atoms with E-state index in [9.17, 15) is 40.3 Å². The maximum atomic E-state index is 13.0. The summed E-state index contributed by atoms with van der Waals surface area (Å²) in [5.41, 5.74) is 19.2. The monoisotopic (exact) mass is 2060 g/mol. The van der Waals surface area contributed by atoms with E-state index in [0.717, 1.165) is 153 Å². The number of sulfone groups is 2. The number of ether oxygens (including phenoxy) is 5. The molecule has 138 heavy (non-hydrogen) atoms. The molecule has 39 heteroatoms. The molecule has 735 valence electrons. The smallest absolute Gasteiger partial charge is 0.407 e. The summed E-state index contributed by atoms with van der Waals surface area (Å²) in [5, 5.41) is 29.7. The number of fused-ring (bicyclic) bond motifs is 3. The van der Waals surface area contributed by atoms with Gasteiger partial charge in [0, 0.05) is 97.0 Å². The second kappa shape index (κ2) is 47.5. The number of halogens is 4. The van der Waals surface area contributed by atoms with Crippen molar-refractivity contribution >= 4 is 163 Å². The van der Waals surface area contributed by atoms with Crippen molar-refractivity contribution in [1.82, 2.24) is 55.5 Å². The van der Waals surface area contributed by atoms with E-state index in [-0.39, 0.29) is 71.6 Å². The van der Waals surface area contributed by atoms with Crippen molar-refractivity contribution < 1.29 is 68.6 Å². The summed E-state index contributed by atoms with van der Waals surface area (Å²) in [6.45, 7) is 24.2. The number of nitrogens with zero attached hydrogens (tertiary/aromatic N) is 9. The fraction of sp³-hybridized carbons (Fsp3) is 0.404. The Morgan fingerprint density at radius 2 is 0.862 bits per heavy atom. The van der Waals surface area contributed by atoms with Gasteiger partial charge in [-0.2, -0.15) is 4.98 Å². The lowest BCUT2D eigenvalue weighted by Crippen LogP contribution is -2.49. The van der Waals surface area contributed by atoms with E-state index in [1.807, 2.05) is 110 Å². The van der Waals surface area contributed by atoms with Crippen molar-refractivity contribution in [1.29, 1.82) is 0 Å². The van der Waals surface area contributed by atoms with Crippen molar-refractivity contribution in [2.24, 2.45) is 5.73 Å². The summed E-state index contributed by atoms with van der Waals surface area (Å²) >= 11 is 19.1. The van der Waals surface area contributed by atoms with Gasteiger partial charge in [0.2, 0.25) is 35.5 Å². The van der Waals surface area contributed by atoms with Gasteiger partial charge < -0.3 is 76.0 Å². The maximum Gasteiger partial charge on any atom is 0.407 e. The summed E-state index contributed by atoms with van der Waals surface area (Å²) in [6.07, 6.45) is 16.0. The normalized spacial score (nSPS) is 17.0. The van der Waals surface area contributed by atoms with E-state index in [0.29, 0.717) is 76.3 Å². The number of carbonyl (C=O) groups is 2. The molecule has 0 saturated heterocycles. The Bertz CT molecular complexity index is 6560. The molecule has 0 aliphatic heterocycles. The summed E-state index contributed by atoms with van der Waals surface area (Å²) in [6, 6.07) is 43.0. The van der Waals surface area contributed by atoms with Gasteiger partial charge in [-0.25, -0.2) is 66.3 Å². The lowest BCUT2D eigenvalue weighted by atomic mass is 9.83. The van der Waals surface area contributed by atoms with Crippen molar-refractivity contribution in [3.05, 3.63) is 212 Å². The zero-order valence-corrected chi connectivity index (χ0v) is 86.4.